The molecule has 2 aliphatic heterocycles. The molecule has 3 atom stereocenters. The molecule has 4 aromatic rings. The Balaban J connectivity index is 1.27. The summed E-state index contributed by atoms with van der Waals surface area (Å²) < 4.78 is 5.85. The average Bonchev–Trinajstić information content (AvgIpc) is 3.52. The van der Waals surface area contributed by atoms with Crippen molar-refractivity contribution in [2.45, 2.75) is 37.5 Å². The van der Waals surface area contributed by atoms with Gasteiger partial charge in [-0.05, 0) is 54.8 Å². The van der Waals surface area contributed by atoms with Gasteiger partial charge < -0.3 is 15.4 Å². The van der Waals surface area contributed by atoms with E-state index in [0.717, 1.165) is 27.6 Å². The Bertz CT molecular complexity index is 1560. The van der Waals surface area contributed by atoms with Gasteiger partial charge in [0.25, 0.3) is 0 Å². The molecule has 0 bridgehead atoms. The van der Waals surface area contributed by atoms with Crippen molar-refractivity contribution in [1.29, 1.82) is 0 Å². The Labute approximate surface area is 230 Å². The van der Waals surface area contributed by atoms with Crippen LogP contribution in [0.1, 0.15) is 36.1 Å². The third kappa shape index (κ3) is 4.79. The second-order valence-electron chi connectivity index (χ2n) is 10.3. The number of nitrogens with one attached hydrogen (secondary N) is 3. The number of hydrogen-bond acceptors (Lipinski definition) is 6. The van der Waals surface area contributed by atoms with Gasteiger partial charge in [-0.15, -0.1) is 0 Å². The van der Waals surface area contributed by atoms with Gasteiger partial charge in [0.15, 0.2) is 11.4 Å². The molecule has 1 fully saturated rings. The van der Waals surface area contributed by atoms with Crippen LogP contribution < -0.4 is 16.4 Å². The first-order valence-corrected chi connectivity index (χ1v) is 13.3. The molecule has 1 aromatic heterocycles. The molecule has 0 saturated carbocycles. The Morgan fingerprint density at radius 2 is 2.03 bits per heavy atom. The number of anilines is 2. The van der Waals surface area contributed by atoms with Crippen LogP contribution in [-0.4, -0.2) is 46.2 Å². The van der Waals surface area contributed by atoms with Crippen LogP contribution in [0.25, 0.3) is 10.9 Å². The van der Waals surface area contributed by atoms with E-state index in [4.69, 9.17) is 22.1 Å². The lowest BCUT2D eigenvalue weighted by molar-refractivity contribution is -0.133. The van der Waals surface area contributed by atoms with Crippen molar-refractivity contribution in [2.24, 2.45) is 0 Å². The number of likely N-dealkylation sites (tertiary alicyclic amines) is 1. The molecule has 3 heterocycles. The average molecular weight is 545 g/mol. The van der Waals surface area contributed by atoms with Crippen LogP contribution in [0, 0.1) is 0 Å². The summed E-state index contributed by atoms with van der Waals surface area (Å²) in [5.41, 5.74) is 9.34. The van der Waals surface area contributed by atoms with Crippen molar-refractivity contribution in [3.8, 4) is 0 Å². The summed E-state index contributed by atoms with van der Waals surface area (Å²) in [6, 6.07) is 20.5. The summed E-state index contributed by atoms with van der Waals surface area (Å²) in [4.78, 5) is 28.3. The van der Waals surface area contributed by atoms with Crippen LogP contribution in [0.5, 0.6) is 0 Å². The molecule has 39 heavy (non-hydrogen) atoms. The number of nitrogen functional groups attached to an aromatic ring is 1. The normalized spacial score (nSPS) is 19.9. The van der Waals surface area contributed by atoms with Crippen LogP contribution in [0.15, 0.2) is 66.7 Å². The maximum Gasteiger partial charge on any atom is 0.412 e. The number of carbonyl (C=O) groups is 2. The molecule has 1 spiro atoms. The Kier molecular flexibility index (Phi) is 6.40. The lowest BCUT2D eigenvalue weighted by Crippen LogP contribution is -2.49. The van der Waals surface area contributed by atoms with E-state index in [-0.39, 0.29) is 18.5 Å². The first-order valence-electron chi connectivity index (χ1n) is 12.9. The van der Waals surface area contributed by atoms with Crippen molar-refractivity contribution in [1.82, 2.24) is 20.4 Å². The van der Waals surface area contributed by atoms with E-state index in [2.05, 4.69) is 20.8 Å². The zero-order valence-electron chi connectivity index (χ0n) is 21.4. The number of rotatable bonds is 6. The molecule has 9 nitrogen and oxygen atoms in total. The molecule has 6 rings (SSSR count). The van der Waals surface area contributed by atoms with E-state index < -0.39 is 17.7 Å². The van der Waals surface area contributed by atoms with Crippen LogP contribution in [-0.2, 0) is 21.6 Å². The number of aromatic nitrogens is 2. The van der Waals surface area contributed by atoms with Crippen molar-refractivity contribution in [3.05, 3.63) is 88.4 Å². The summed E-state index contributed by atoms with van der Waals surface area (Å²) in [5, 5.41) is 14.8. The number of halogens is 1. The van der Waals surface area contributed by atoms with E-state index in [9.17, 15) is 9.59 Å². The van der Waals surface area contributed by atoms with Gasteiger partial charge in [-0.1, -0.05) is 48.0 Å². The zero-order valence-corrected chi connectivity index (χ0v) is 22.2. The second kappa shape index (κ2) is 9.91. The van der Waals surface area contributed by atoms with E-state index in [1.807, 2.05) is 61.5 Å². The number of nitrogens with zero attached hydrogens (tertiary/aromatic N) is 2. The quantitative estimate of drug-likeness (QED) is 0.277. The molecule has 2 aliphatic rings. The van der Waals surface area contributed by atoms with Gasteiger partial charge in [0, 0.05) is 35.0 Å². The second-order valence-corrected chi connectivity index (χ2v) is 10.7. The monoisotopic (exact) mass is 544 g/mol. The summed E-state index contributed by atoms with van der Waals surface area (Å²) >= 11 is 6.30. The number of amides is 2. The molecule has 1 saturated heterocycles. The van der Waals surface area contributed by atoms with Crippen LogP contribution in [0.4, 0.5) is 16.3 Å². The van der Waals surface area contributed by atoms with Crippen molar-refractivity contribution in [3.63, 3.8) is 0 Å². The fraction of sp³-hybridized carbons (Fsp3) is 0.276. The summed E-state index contributed by atoms with van der Waals surface area (Å²) in [7, 11) is 0. The highest BCUT2D eigenvalue weighted by molar-refractivity contribution is 6.30. The van der Waals surface area contributed by atoms with Crippen LogP contribution in [0.2, 0.25) is 5.02 Å². The van der Waals surface area contributed by atoms with Crippen LogP contribution >= 0.6 is 11.6 Å². The number of carbonyl (C=O) groups excluding carboxylic acids is 2. The van der Waals surface area contributed by atoms with Gasteiger partial charge in [-0.3, -0.25) is 20.5 Å². The van der Waals surface area contributed by atoms with Gasteiger partial charge in [-0.25, -0.2) is 4.79 Å². The van der Waals surface area contributed by atoms with Gasteiger partial charge in [0.1, 0.15) is 0 Å². The minimum atomic E-state index is -0.938. The lowest BCUT2D eigenvalue weighted by Gasteiger charge is -2.36. The van der Waals surface area contributed by atoms with Gasteiger partial charge in [-0.2, -0.15) is 5.10 Å². The van der Waals surface area contributed by atoms with Crippen LogP contribution in [0.3, 0.4) is 0 Å². The fourth-order valence-corrected chi connectivity index (χ4v) is 5.83. The molecular formula is C29H29ClN6O3. The highest BCUT2D eigenvalue weighted by Crippen LogP contribution is 2.44. The SMILES string of the molecule is CC(N[C@@H](Cc1ccccc1)C(=O)N1CCC2(C1)OC(=O)Nc1ccc(Cl)cc12)c1ccc2c(N)n[nH]c2c1. The molecular weight excluding hydrogens is 516 g/mol. The number of ether oxygens (including phenoxy) is 1. The molecule has 0 aliphatic carbocycles. The number of fused-ring (bicyclic) bond motifs is 3. The molecule has 2 unspecified atom stereocenters. The smallest absolute Gasteiger partial charge is 0.412 e. The van der Waals surface area contributed by atoms with Gasteiger partial charge in [0.05, 0.1) is 23.8 Å². The first-order chi connectivity index (χ1) is 18.8. The number of benzene rings is 3. The molecule has 10 heteroatoms. The minimum absolute atomic E-state index is 0.0485. The molecule has 200 valence electrons. The minimum Gasteiger partial charge on any atom is -0.436 e. The fourth-order valence-electron chi connectivity index (χ4n) is 5.66. The Hall–Kier alpha value is -4.08. The highest BCUT2D eigenvalue weighted by atomic mass is 35.5. The largest absolute Gasteiger partial charge is 0.436 e. The predicted octanol–water partition coefficient (Wildman–Crippen LogP) is 4.75. The zero-order chi connectivity index (χ0) is 27.1. The topological polar surface area (TPSA) is 125 Å². The number of aromatic amines is 1. The van der Waals surface area contributed by atoms with Crippen molar-refractivity contribution < 1.29 is 14.3 Å². The Morgan fingerprint density at radius 3 is 2.85 bits per heavy atom. The first kappa shape index (κ1) is 25.2. The molecule has 2 amide bonds. The summed E-state index contributed by atoms with van der Waals surface area (Å²) in [6.07, 6.45) is 0.475. The highest BCUT2D eigenvalue weighted by Gasteiger charge is 2.49. The lowest BCUT2D eigenvalue weighted by atomic mass is 9.90. The molecule has 5 N–H and O–H groups in total. The third-order valence-electron chi connectivity index (χ3n) is 7.69. The summed E-state index contributed by atoms with van der Waals surface area (Å²) in [5.74, 6) is 0.409. The van der Waals surface area contributed by atoms with Gasteiger partial charge in [0.2, 0.25) is 5.91 Å². The third-order valence-corrected chi connectivity index (χ3v) is 7.92. The number of H-pyrrole nitrogens is 1. The van der Waals surface area contributed by atoms with Crippen molar-refractivity contribution >= 4 is 46.0 Å². The maximum absolute atomic E-state index is 14.1. The standard InChI is InChI=1S/C29H29ClN6O3/c1-17(19-7-9-21-24(14-19)34-35-26(21)31)32-25(13-18-5-3-2-4-6-18)27(37)36-12-11-29(16-36)22-15-20(30)8-10-23(22)33-28(38)39-29/h2-10,14-15,17,25,32H,11-13,16H2,1H3,(H,33,38)(H3,31,34,35)/t17?,25-,29?/m0/s1. The molecule has 0 radical (unpaired) electrons. The number of nitrogens with two attached hydrogens (primary N) is 1. The predicted molar refractivity (Wildman–Crippen MR) is 150 cm³/mol. The van der Waals surface area contributed by atoms with E-state index >= 15 is 0 Å². The van der Waals surface area contributed by atoms with Crippen molar-refractivity contribution in [2.75, 3.05) is 24.1 Å². The summed E-state index contributed by atoms with van der Waals surface area (Å²) in [6.45, 7) is 2.75. The molecule has 3 aromatic carbocycles. The van der Waals surface area contributed by atoms with Gasteiger partial charge >= 0.3 is 6.09 Å². The van der Waals surface area contributed by atoms with E-state index in [0.29, 0.717) is 35.9 Å². The van der Waals surface area contributed by atoms with E-state index in [1.165, 1.54) is 0 Å². The Morgan fingerprint density at radius 1 is 1.21 bits per heavy atom. The van der Waals surface area contributed by atoms with E-state index in [1.54, 1.807) is 17.0 Å². The number of hydrogen-bond donors (Lipinski definition) is 4. The maximum atomic E-state index is 14.1.